The summed E-state index contributed by atoms with van der Waals surface area (Å²) in [5, 5.41) is 5.36. The third-order valence-corrected chi connectivity index (χ3v) is 8.15. The van der Waals surface area contributed by atoms with Crippen LogP contribution in [0, 0.1) is 0 Å². The molecule has 0 amide bonds. The predicted octanol–water partition coefficient (Wildman–Crippen LogP) is 13.3. The van der Waals surface area contributed by atoms with Crippen molar-refractivity contribution in [3.8, 4) is 22.3 Å². The fourth-order valence-electron chi connectivity index (χ4n) is 4.83. The van der Waals surface area contributed by atoms with Crippen LogP contribution in [0.5, 0.6) is 0 Å². The van der Waals surface area contributed by atoms with Gasteiger partial charge in [0.1, 0.15) is 0 Å². The van der Waals surface area contributed by atoms with E-state index in [0.717, 1.165) is 31.3 Å². The van der Waals surface area contributed by atoms with Crippen molar-refractivity contribution in [1.82, 2.24) is 0 Å². The number of rotatable bonds is 4. The predicted molar refractivity (Wildman–Crippen MR) is 193 cm³/mol. The van der Waals surface area contributed by atoms with Crippen molar-refractivity contribution in [1.29, 1.82) is 0 Å². The van der Waals surface area contributed by atoms with Crippen molar-refractivity contribution in [2.75, 3.05) is 0 Å². The van der Waals surface area contributed by atoms with Crippen LogP contribution in [0.3, 0.4) is 0 Å². The molecule has 0 aromatic heterocycles. The van der Waals surface area contributed by atoms with Crippen LogP contribution in [0.1, 0.15) is 25.0 Å². The number of hydrogen-bond donors (Lipinski definition) is 0. The van der Waals surface area contributed by atoms with E-state index in [0.29, 0.717) is 0 Å². The van der Waals surface area contributed by atoms with Crippen LogP contribution < -0.4 is 0 Å². The van der Waals surface area contributed by atoms with Crippen molar-refractivity contribution in [3.05, 3.63) is 129 Å². The van der Waals surface area contributed by atoms with Crippen molar-refractivity contribution in [2.45, 2.75) is 39.8 Å². The number of fused-ring (bicyclic) bond motifs is 2. The van der Waals surface area contributed by atoms with Crippen LogP contribution in [-0.4, -0.2) is 9.52 Å². The van der Waals surface area contributed by atoms with E-state index in [-0.39, 0.29) is 0 Å². The van der Waals surface area contributed by atoms with Gasteiger partial charge in [-0.3, -0.25) is 0 Å². The van der Waals surface area contributed by atoms with Crippen LogP contribution in [0.15, 0.2) is 118 Å². The average molecular weight is 817 g/mol. The summed E-state index contributed by atoms with van der Waals surface area (Å²) in [4.78, 5) is 0. The van der Waals surface area contributed by atoms with Gasteiger partial charge in [0.25, 0.3) is 0 Å². The third kappa shape index (κ3) is 9.37. The molecule has 0 aliphatic rings. The molecule has 0 unspecified atom stereocenters. The minimum atomic E-state index is -0.826. The zero-order valence-corrected chi connectivity index (χ0v) is 32.5. The molecule has 0 saturated heterocycles. The van der Waals surface area contributed by atoms with Gasteiger partial charge in [0.05, 0.1) is 0 Å². The van der Waals surface area contributed by atoms with Gasteiger partial charge in [0, 0.05) is 18.5 Å². The Balaban J connectivity index is 0.000000195. The molecule has 0 atom stereocenters. The zero-order valence-electron chi connectivity index (χ0n) is 24.3. The fourth-order valence-corrected chi connectivity index (χ4v) is 5.83. The molecule has 6 rings (SSSR count). The summed E-state index contributed by atoms with van der Waals surface area (Å²) >= 11 is 6.46. The third-order valence-electron chi connectivity index (χ3n) is 6.77. The second-order valence-corrected chi connectivity index (χ2v) is 16.0. The molecule has 0 saturated carbocycles. The molecule has 6 heteroatoms. The van der Waals surface area contributed by atoms with Gasteiger partial charge in [-0.15, -0.1) is 69.1 Å². The van der Waals surface area contributed by atoms with Gasteiger partial charge in [-0.2, -0.15) is 12.1 Å². The first kappa shape index (κ1) is 35.2. The van der Waals surface area contributed by atoms with Crippen molar-refractivity contribution >= 4 is 80.0 Å². The van der Waals surface area contributed by atoms with Crippen LogP contribution >= 0.6 is 48.9 Å². The molecule has 0 spiro atoms. The number of benzene rings is 4. The van der Waals surface area contributed by atoms with Gasteiger partial charge in [-0.25, -0.2) is 0 Å². The number of hydrogen-bond acceptors (Lipinski definition) is 0. The Kier molecular flexibility index (Phi) is 15.5. The molecule has 42 heavy (non-hydrogen) atoms. The van der Waals surface area contributed by atoms with E-state index in [2.05, 4.69) is 168 Å². The molecule has 214 valence electrons. The van der Waals surface area contributed by atoms with Crippen LogP contribution in [0.25, 0.3) is 43.8 Å². The quantitative estimate of drug-likeness (QED) is 0.123. The Morgan fingerprint density at radius 2 is 0.929 bits per heavy atom. The Bertz CT molecular complexity index is 1560. The summed E-state index contributed by atoms with van der Waals surface area (Å²) < 4.78 is 2.30. The second-order valence-electron chi connectivity index (χ2n) is 9.58. The number of aryl methyl sites for hydroxylation is 2. The maximum absolute atomic E-state index is 4.93. The molecular formula is C36H34Br2Cl2SiZr. The molecule has 2 radical (unpaired) electrons. The fraction of sp³-hybridized carbons (Fsp3) is 0.167. The van der Waals surface area contributed by atoms with Gasteiger partial charge in [-0.1, -0.05) is 118 Å². The zero-order chi connectivity index (χ0) is 30.5. The summed E-state index contributed by atoms with van der Waals surface area (Å²) in [7, 11) is 11.0. The van der Waals surface area contributed by atoms with Gasteiger partial charge < -0.3 is 0 Å². The van der Waals surface area contributed by atoms with Crippen LogP contribution in [0.2, 0.25) is 13.1 Å². The molecule has 0 fully saturated rings. The number of halogens is 4. The summed E-state index contributed by atoms with van der Waals surface area (Å²) in [6.07, 6.45) is 2.17. The molecule has 0 N–H and O–H groups in total. The Morgan fingerprint density at radius 3 is 1.26 bits per heavy atom. The van der Waals surface area contributed by atoms with Gasteiger partial charge in [-0.05, 0) is 36.1 Å². The summed E-state index contributed by atoms with van der Waals surface area (Å²) in [5.74, 6) is 0. The van der Waals surface area contributed by atoms with E-state index in [1.54, 1.807) is 0 Å². The Labute approximate surface area is 289 Å². The Hall–Kier alpha value is -1.26. The van der Waals surface area contributed by atoms with E-state index in [1.165, 1.54) is 54.9 Å². The van der Waals surface area contributed by atoms with Gasteiger partial charge >= 0.3 is 37.9 Å². The second kappa shape index (κ2) is 18.5. The van der Waals surface area contributed by atoms with E-state index in [1.807, 2.05) is 0 Å². The topological polar surface area (TPSA) is 0 Å². The van der Waals surface area contributed by atoms with E-state index >= 15 is 0 Å². The molecule has 0 aliphatic heterocycles. The molecule has 6 aromatic rings. The summed E-state index contributed by atoms with van der Waals surface area (Å²) in [6.45, 7) is 8.71. The first-order valence-electron chi connectivity index (χ1n) is 13.8. The van der Waals surface area contributed by atoms with Crippen LogP contribution in [0.4, 0.5) is 0 Å². The van der Waals surface area contributed by atoms with Gasteiger partial charge in [0.2, 0.25) is 0 Å². The normalized spacial score (nSPS) is 10.1. The SMILES string of the molecule is CCc1cc2c(-c3ccccc3Br)cccc2[cH-]1.CCc1cc2c(-c3ccccc3Br)cccc2[cH-]1.C[Si]C.[Cl][Zr+2][Cl]. The molecular weight excluding hydrogens is 782 g/mol. The van der Waals surface area contributed by atoms with E-state index < -0.39 is 20.8 Å². The van der Waals surface area contributed by atoms with Gasteiger partial charge in [0.15, 0.2) is 0 Å². The van der Waals surface area contributed by atoms with Crippen molar-refractivity contribution in [2.24, 2.45) is 0 Å². The first-order valence-corrected chi connectivity index (χ1v) is 23.7. The van der Waals surface area contributed by atoms with Crippen molar-refractivity contribution in [3.63, 3.8) is 0 Å². The molecule has 0 bridgehead atoms. The molecule has 0 heterocycles. The summed E-state index contributed by atoms with van der Waals surface area (Å²) in [6, 6.07) is 39.0. The minimum absolute atomic E-state index is 0.826. The maximum atomic E-state index is 4.93. The monoisotopic (exact) mass is 812 g/mol. The molecule has 6 aromatic carbocycles. The first-order chi connectivity index (χ1) is 20.4. The molecule has 0 aliphatic carbocycles. The van der Waals surface area contributed by atoms with Crippen molar-refractivity contribution < 1.29 is 20.8 Å². The molecule has 0 nitrogen and oxygen atoms in total. The van der Waals surface area contributed by atoms with Crippen LogP contribution in [-0.2, 0) is 33.7 Å². The van der Waals surface area contributed by atoms with E-state index in [9.17, 15) is 0 Å². The van der Waals surface area contributed by atoms with E-state index in [4.69, 9.17) is 17.0 Å². The average Bonchev–Trinajstić information content (AvgIpc) is 3.63. The summed E-state index contributed by atoms with van der Waals surface area (Å²) in [5.41, 5.74) is 7.95. The Morgan fingerprint density at radius 1 is 0.595 bits per heavy atom. The standard InChI is InChI=1S/2C17H14Br.C2H6Si.2ClH.Zr/c2*1-2-12-10-13-6-5-8-14(16(13)11-12)15-7-3-4-9-17(15)18;1-3-2;;;/h2*3-11H,2H2,1H3;1-2H3;2*1H;/q2*-1;;;;+4/p-2.